The number of benzene rings is 1. The average molecular weight is 413 g/mol. The lowest BCUT2D eigenvalue weighted by Gasteiger charge is -2.26. The number of carbonyl (C=O) groups is 2. The van der Waals surface area contributed by atoms with Crippen LogP contribution in [0, 0.1) is 0 Å². The van der Waals surface area contributed by atoms with Gasteiger partial charge in [-0.25, -0.2) is 4.98 Å². The lowest BCUT2D eigenvalue weighted by atomic mass is 10.1. The number of methoxy groups -OCH3 is 2. The molecule has 0 saturated heterocycles. The molecule has 0 aliphatic carbocycles. The zero-order chi connectivity index (χ0) is 20.4. The molecular formula is C20H19N3O5S. The molecule has 29 heavy (non-hydrogen) atoms. The van der Waals surface area contributed by atoms with Gasteiger partial charge in [0.1, 0.15) is 17.8 Å². The van der Waals surface area contributed by atoms with E-state index in [1.165, 1.54) is 23.9 Å². The summed E-state index contributed by atoms with van der Waals surface area (Å²) in [4.78, 5) is 32.4. The molecule has 8 nitrogen and oxygen atoms in total. The Morgan fingerprint density at radius 3 is 2.59 bits per heavy atom. The first-order chi connectivity index (χ1) is 14.1. The van der Waals surface area contributed by atoms with Gasteiger partial charge in [-0.15, -0.1) is 0 Å². The van der Waals surface area contributed by atoms with E-state index in [0.29, 0.717) is 47.3 Å². The van der Waals surface area contributed by atoms with Crippen molar-refractivity contribution in [3.8, 4) is 11.5 Å². The molecule has 0 bridgehead atoms. The first-order valence-electron chi connectivity index (χ1n) is 8.92. The van der Waals surface area contributed by atoms with Crippen LogP contribution in [0.5, 0.6) is 11.5 Å². The maximum absolute atomic E-state index is 13.0. The summed E-state index contributed by atoms with van der Waals surface area (Å²) < 4.78 is 15.4. The van der Waals surface area contributed by atoms with Crippen LogP contribution in [0.25, 0.3) is 0 Å². The molecule has 3 heterocycles. The fraction of sp³-hybridized carbons (Fsp3) is 0.250. The molecule has 1 aliphatic heterocycles. The van der Waals surface area contributed by atoms with Gasteiger partial charge in [-0.2, -0.15) is 0 Å². The van der Waals surface area contributed by atoms with E-state index in [-0.39, 0.29) is 11.8 Å². The second-order valence-electron chi connectivity index (χ2n) is 6.43. The molecule has 0 atom stereocenters. The second kappa shape index (κ2) is 7.96. The van der Waals surface area contributed by atoms with Crippen LogP contribution in [0.1, 0.15) is 31.3 Å². The number of nitrogens with one attached hydrogen (secondary N) is 1. The lowest BCUT2D eigenvalue weighted by Crippen LogP contribution is -2.35. The van der Waals surface area contributed by atoms with Gasteiger partial charge in [0.2, 0.25) is 0 Å². The van der Waals surface area contributed by atoms with E-state index in [4.69, 9.17) is 13.9 Å². The lowest BCUT2D eigenvalue weighted by molar-refractivity contribution is 0.0735. The number of fused-ring (bicyclic) bond motifs is 1. The highest BCUT2D eigenvalue weighted by atomic mass is 32.1. The van der Waals surface area contributed by atoms with Crippen molar-refractivity contribution in [2.45, 2.75) is 13.0 Å². The van der Waals surface area contributed by atoms with E-state index in [9.17, 15) is 9.59 Å². The average Bonchev–Trinajstić information content (AvgIpc) is 3.41. The summed E-state index contributed by atoms with van der Waals surface area (Å²) in [5, 5.41) is 3.29. The monoisotopic (exact) mass is 413 g/mol. The van der Waals surface area contributed by atoms with Crippen molar-refractivity contribution in [1.82, 2.24) is 9.88 Å². The van der Waals surface area contributed by atoms with Gasteiger partial charge in [0, 0.05) is 29.5 Å². The number of furan rings is 1. The molecule has 150 valence electrons. The van der Waals surface area contributed by atoms with E-state index in [1.54, 1.807) is 43.4 Å². The summed E-state index contributed by atoms with van der Waals surface area (Å²) in [5.74, 6) is 0.742. The molecule has 2 aromatic heterocycles. The van der Waals surface area contributed by atoms with Crippen molar-refractivity contribution >= 4 is 28.3 Å². The first-order valence-corrected chi connectivity index (χ1v) is 9.73. The molecule has 0 spiro atoms. The standard InChI is InChI=1S/C20H19N3O5S/c1-26-14-7-13(8-15(9-14)27-2)19(25)23-5-3-16-17(10-23)29-20(21-16)22-18(24)12-4-6-28-11-12/h4,6-9,11H,3,5,10H2,1-2H3,(H,21,22,24). The van der Waals surface area contributed by atoms with Crippen LogP contribution in [-0.4, -0.2) is 42.5 Å². The molecule has 1 N–H and O–H groups in total. The predicted molar refractivity (Wildman–Crippen MR) is 107 cm³/mol. The van der Waals surface area contributed by atoms with Crippen LogP contribution in [0.2, 0.25) is 0 Å². The molecule has 1 aliphatic rings. The van der Waals surface area contributed by atoms with E-state index in [0.717, 1.165) is 10.6 Å². The topological polar surface area (TPSA) is 93.9 Å². The van der Waals surface area contributed by atoms with Gasteiger partial charge < -0.3 is 18.8 Å². The third kappa shape index (κ3) is 3.95. The number of amides is 2. The third-order valence-corrected chi connectivity index (χ3v) is 5.62. The van der Waals surface area contributed by atoms with Crippen LogP contribution in [0.15, 0.2) is 41.2 Å². The Hall–Kier alpha value is -3.33. The van der Waals surface area contributed by atoms with Gasteiger partial charge in [-0.3, -0.25) is 14.9 Å². The Kier molecular flexibility index (Phi) is 5.22. The molecule has 0 fully saturated rings. The van der Waals surface area contributed by atoms with Crippen molar-refractivity contribution < 1.29 is 23.5 Å². The predicted octanol–water partition coefficient (Wildman–Crippen LogP) is 3.20. The maximum atomic E-state index is 13.0. The summed E-state index contributed by atoms with van der Waals surface area (Å²) in [6, 6.07) is 6.71. The van der Waals surface area contributed by atoms with E-state index < -0.39 is 0 Å². The second-order valence-corrected chi connectivity index (χ2v) is 7.52. The Morgan fingerprint density at radius 2 is 1.93 bits per heavy atom. The largest absolute Gasteiger partial charge is 0.497 e. The number of anilines is 1. The van der Waals surface area contributed by atoms with Crippen LogP contribution in [0.3, 0.4) is 0 Å². The van der Waals surface area contributed by atoms with Crippen molar-refractivity contribution in [3.63, 3.8) is 0 Å². The third-order valence-electron chi connectivity index (χ3n) is 4.62. The van der Waals surface area contributed by atoms with Crippen molar-refractivity contribution in [2.75, 3.05) is 26.1 Å². The summed E-state index contributed by atoms with van der Waals surface area (Å²) >= 11 is 1.38. The molecule has 2 amide bonds. The molecule has 1 aromatic carbocycles. The SMILES string of the molecule is COc1cc(OC)cc(C(=O)N2CCc3nc(NC(=O)c4ccoc4)sc3C2)c1. The van der Waals surface area contributed by atoms with E-state index >= 15 is 0 Å². The molecular weight excluding hydrogens is 394 g/mol. The number of thiazole rings is 1. The van der Waals surface area contributed by atoms with Crippen LogP contribution >= 0.6 is 11.3 Å². The summed E-state index contributed by atoms with van der Waals surface area (Å²) in [6.45, 7) is 0.983. The summed E-state index contributed by atoms with van der Waals surface area (Å²) in [5.41, 5.74) is 1.84. The zero-order valence-corrected chi connectivity index (χ0v) is 16.7. The van der Waals surface area contributed by atoms with Crippen LogP contribution in [0.4, 0.5) is 5.13 Å². The fourth-order valence-electron chi connectivity index (χ4n) is 3.10. The number of hydrogen-bond donors (Lipinski definition) is 1. The van der Waals surface area contributed by atoms with Gasteiger partial charge in [0.25, 0.3) is 11.8 Å². The maximum Gasteiger partial charge on any atom is 0.260 e. The highest BCUT2D eigenvalue weighted by molar-refractivity contribution is 7.15. The van der Waals surface area contributed by atoms with Crippen LogP contribution < -0.4 is 14.8 Å². The van der Waals surface area contributed by atoms with Crippen molar-refractivity contribution in [3.05, 3.63) is 58.5 Å². The van der Waals surface area contributed by atoms with Crippen molar-refractivity contribution in [1.29, 1.82) is 0 Å². The number of hydrogen-bond acceptors (Lipinski definition) is 7. The first kappa shape index (κ1) is 19.0. The number of ether oxygens (including phenoxy) is 2. The molecule has 0 radical (unpaired) electrons. The van der Waals surface area contributed by atoms with Crippen LogP contribution in [-0.2, 0) is 13.0 Å². The number of rotatable bonds is 5. The summed E-state index contributed by atoms with van der Waals surface area (Å²) in [6.07, 6.45) is 3.45. The normalized spacial score (nSPS) is 13.0. The molecule has 3 aromatic rings. The minimum Gasteiger partial charge on any atom is -0.497 e. The Bertz CT molecular complexity index is 1020. The van der Waals surface area contributed by atoms with Crippen molar-refractivity contribution in [2.24, 2.45) is 0 Å². The summed E-state index contributed by atoms with van der Waals surface area (Å²) in [7, 11) is 3.10. The van der Waals surface area contributed by atoms with E-state index in [2.05, 4.69) is 10.3 Å². The van der Waals surface area contributed by atoms with Gasteiger partial charge in [0.15, 0.2) is 5.13 Å². The minimum atomic E-state index is -0.277. The van der Waals surface area contributed by atoms with Gasteiger partial charge >= 0.3 is 0 Å². The van der Waals surface area contributed by atoms with Gasteiger partial charge in [-0.1, -0.05) is 11.3 Å². The molecule has 4 rings (SSSR count). The number of aromatic nitrogens is 1. The molecule has 0 saturated carbocycles. The van der Waals surface area contributed by atoms with Gasteiger partial charge in [0.05, 0.1) is 38.3 Å². The Morgan fingerprint density at radius 1 is 1.17 bits per heavy atom. The van der Waals surface area contributed by atoms with E-state index in [1.807, 2.05) is 0 Å². The highest BCUT2D eigenvalue weighted by Crippen LogP contribution is 2.30. The Balaban J connectivity index is 1.49. The Labute approximate surface area is 171 Å². The smallest absolute Gasteiger partial charge is 0.260 e. The highest BCUT2D eigenvalue weighted by Gasteiger charge is 2.26. The number of carbonyl (C=O) groups excluding carboxylic acids is 2. The number of nitrogens with zero attached hydrogens (tertiary/aromatic N) is 2. The quantitative estimate of drug-likeness (QED) is 0.690. The van der Waals surface area contributed by atoms with Gasteiger partial charge in [-0.05, 0) is 18.2 Å². The minimum absolute atomic E-state index is 0.106. The zero-order valence-electron chi connectivity index (χ0n) is 15.9. The fourth-order valence-corrected chi connectivity index (χ4v) is 4.12. The molecule has 9 heteroatoms. The molecule has 0 unspecified atom stereocenters.